The van der Waals surface area contributed by atoms with Gasteiger partial charge in [0.15, 0.2) is 0 Å². The smallest absolute Gasteiger partial charge is 0.229 e. The summed E-state index contributed by atoms with van der Waals surface area (Å²) in [4.78, 5) is 11.8. The van der Waals surface area contributed by atoms with Crippen LogP contribution in [0, 0.1) is 6.92 Å². The molecule has 0 bridgehead atoms. The van der Waals surface area contributed by atoms with Crippen LogP contribution in [0.1, 0.15) is 23.3 Å². The van der Waals surface area contributed by atoms with Crippen molar-refractivity contribution in [3.63, 3.8) is 0 Å². The van der Waals surface area contributed by atoms with E-state index in [-0.39, 0.29) is 11.2 Å². The maximum absolute atomic E-state index is 10.8. The van der Waals surface area contributed by atoms with Crippen molar-refractivity contribution in [2.45, 2.75) is 19.8 Å². The highest BCUT2D eigenvalue weighted by Crippen LogP contribution is 2.26. The summed E-state index contributed by atoms with van der Waals surface area (Å²) in [6.07, 6.45) is 0. The molecule has 0 radical (unpaired) electrons. The van der Waals surface area contributed by atoms with Gasteiger partial charge in [0, 0.05) is 4.88 Å². The van der Waals surface area contributed by atoms with E-state index in [1.807, 2.05) is 25.3 Å². The van der Waals surface area contributed by atoms with Crippen LogP contribution in [0.3, 0.4) is 0 Å². The molecule has 0 aromatic carbocycles. The summed E-state index contributed by atoms with van der Waals surface area (Å²) in [6.45, 7) is 3.82. The van der Waals surface area contributed by atoms with Crippen LogP contribution in [0.25, 0.3) is 0 Å². The molecule has 3 heteroatoms. The number of aryl methyl sites for hydroxylation is 1. The number of carbonyl (C=O) groups is 1. The quantitative estimate of drug-likeness (QED) is 0.653. The fraction of sp³-hybridized carbons (Fsp3) is 0.375. The van der Waals surface area contributed by atoms with Crippen LogP contribution in [-0.4, -0.2) is 5.24 Å². The average Bonchev–Trinajstić information content (AvgIpc) is 2.33. The molecule has 1 atom stereocenters. The van der Waals surface area contributed by atoms with E-state index in [1.165, 1.54) is 0 Å². The molecule has 0 aliphatic rings. The molecule has 0 amide bonds. The average molecular weight is 189 g/mol. The summed E-state index contributed by atoms with van der Waals surface area (Å²) >= 11 is 6.94. The van der Waals surface area contributed by atoms with Crippen molar-refractivity contribution in [2.24, 2.45) is 0 Å². The van der Waals surface area contributed by atoms with Crippen molar-refractivity contribution in [1.82, 2.24) is 0 Å². The van der Waals surface area contributed by atoms with Gasteiger partial charge in [-0.3, -0.25) is 4.79 Å². The lowest BCUT2D eigenvalue weighted by molar-refractivity contribution is -0.112. The second-order valence-electron chi connectivity index (χ2n) is 2.49. The number of hydrogen-bond donors (Lipinski definition) is 0. The summed E-state index contributed by atoms with van der Waals surface area (Å²) < 4.78 is 0. The second-order valence-corrected chi connectivity index (χ2v) is 3.81. The van der Waals surface area contributed by atoms with Crippen LogP contribution >= 0.6 is 22.9 Å². The lowest BCUT2D eigenvalue weighted by Gasteiger charge is -2.03. The van der Waals surface area contributed by atoms with Crippen molar-refractivity contribution in [2.75, 3.05) is 0 Å². The summed E-state index contributed by atoms with van der Waals surface area (Å²) in [5.74, 6) is -0.156. The lowest BCUT2D eigenvalue weighted by atomic mass is 10.1. The molecule has 0 saturated carbocycles. The van der Waals surface area contributed by atoms with Crippen LogP contribution in [0.2, 0.25) is 0 Å². The first-order chi connectivity index (χ1) is 5.13. The molecule has 0 aliphatic heterocycles. The molecule has 0 N–H and O–H groups in total. The van der Waals surface area contributed by atoms with Crippen molar-refractivity contribution in [3.05, 3.63) is 21.9 Å². The summed E-state index contributed by atoms with van der Waals surface area (Å²) in [5.41, 5.74) is 1.15. The van der Waals surface area contributed by atoms with Crippen molar-refractivity contribution in [3.8, 4) is 0 Å². The monoisotopic (exact) mass is 188 g/mol. The Balaban J connectivity index is 2.92. The molecular weight excluding hydrogens is 180 g/mol. The van der Waals surface area contributed by atoms with E-state index >= 15 is 0 Å². The number of thiophene rings is 1. The Morgan fingerprint density at radius 3 is 2.73 bits per heavy atom. The van der Waals surface area contributed by atoms with Crippen molar-refractivity contribution < 1.29 is 4.79 Å². The van der Waals surface area contributed by atoms with Gasteiger partial charge in [-0.25, -0.2) is 0 Å². The van der Waals surface area contributed by atoms with Gasteiger partial charge in [0.05, 0.1) is 5.92 Å². The third-order valence-electron chi connectivity index (χ3n) is 1.64. The Bertz CT molecular complexity index is 267. The molecular formula is C8H9ClOS. The van der Waals surface area contributed by atoms with Crippen LogP contribution in [-0.2, 0) is 4.79 Å². The highest BCUT2D eigenvalue weighted by Gasteiger charge is 2.15. The largest absolute Gasteiger partial charge is 0.281 e. The SMILES string of the molecule is Cc1ccsc1C(C)C(=O)Cl. The zero-order valence-corrected chi connectivity index (χ0v) is 8.00. The number of carbonyl (C=O) groups excluding carboxylic acids is 1. The van der Waals surface area contributed by atoms with Gasteiger partial charge in [-0.2, -0.15) is 0 Å². The molecule has 1 nitrogen and oxygen atoms in total. The number of rotatable bonds is 2. The van der Waals surface area contributed by atoms with Crippen LogP contribution < -0.4 is 0 Å². The molecule has 0 fully saturated rings. The summed E-state index contributed by atoms with van der Waals surface area (Å²) in [5, 5.41) is 1.69. The summed E-state index contributed by atoms with van der Waals surface area (Å²) in [6, 6.07) is 2.00. The molecule has 1 aromatic heterocycles. The van der Waals surface area contributed by atoms with Crippen LogP contribution in [0.15, 0.2) is 11.4 Å². The van der Waals surface area contributed by atoms with Gasteiger partial charge in [-0.05, 0) is 42.5 Å². The second kappa shape index (κ2) is 3.37. The fourth-order valence-corrected chi connectivity index (χ4v) is 2.09. The first kappa shape index (κ1) is 8.75. The number of hydrogen-bond acceptors (Lipinski definition) is 2. The van der Waals surface area contributed by atoms with Gasteiger partial charge >= 0.3 is 0 Å². The minimum absolute atomic E-state index is 0.156. The fourth-order valence-electron chi connectivity index (χ4n) is 0.931. The molecule has 1 heterocycles. The van der Waals surface area contributed by atoms with E-state index < -0.39 is 0 Å². The van der Waals surface area contributed by atoms with E-state index in [9.17, 15) is 4.79 Å². The molecule has 60 valence electrons. The van der Waals surface area contributed by atoms with Gasteiger partial charge in [-0.1, -0.05) is 0 Å². The maximum atomic E-state index is 10.8. The van der Waals surface area contributed by atoms with Gasteiger partial charge in [-0.15, -0.1) is 11.3 Å². The molecule has 0 saturated heterocycles. The molecule has 1 rings (SSSR count). The van der Waals surface area contributed by atoms with Crippen molar-refractivity contribution >= 4 is 28.2 Å². The minimum atomic E-state index is -0.282. The Morgan fingerprint density at radius 1 is 1.73 bits per heavy atom. The van der Waals surface area contributed by atoms with E-state index in [0.29, 0.717) is 0 Å². The van der Waals surface area contributed by atoms with Gasteiger partial charge in [0.25, 0.3) is 0 Å². The third-order valence-corrected chi connectivity index (χ3v) is 3.16. The first-order valence-corrected chi connectivity index (χ1v) is 4.62. The topological polar surface area (TPSA) is 17.1 Å². The minimum Gasteiger partial charge on any atom is -0.281 e. The predicted octanol–water partition coefficient (Wildman–Crippen LogP) is 2.93. The van der Waals surface area contributed by atoms with Gasteiger partial charge in [0.2, 0.25) is 5.24 Å². The Morgan fingerprint density at radius 2 is 2.36 bits per heavy atom. The first-order valence-electron chi connectivity index (χ1n) is 3.36. The van der Waals surface area contributed by atoms with Gasteiger partial charge in [0.1, 0.15) is 0 Å². The Hall–Kier alpha value is -0.340. The van der Waals surface area contributed by atoms with E-state index in [0.717, 1.165) is 10.4 Å². The van der Waals surface area contributed by atoms with Gasteiger partial charge < -0.3 is 0 Å². The number of halogens is 1. The normalized spacial score (nSPS) is 13.0. The molecule has 0 spiro atoms. The zero-order chi connectivity index (χ0) is 8.43. The molecule has 0 aliphatic carbocycles. The molecule has 1 unspecified atom stereocenters. The Labute approximate surface area is 75.0 Å². The van der Waals surface area contributed by atoms with E-state index in [1.54, 1.807) is 11.3 Å². The molecule has 1 aromatic rings. The Kier molecular flexibility index (Phi) is 2.68. The highest BCUT2D eigenvalue weighted by atomic mass is 35.5. The standard InChI is InChI=1S/C8H9ClOS/c1-5-3-4-11-7(5)6(2)8(9)10/h3-4,6H,1-2H3. The highest BCUT2D eigenvalue weighted by molar-refractivity contribution is 7.10. The summed E-state index contributed by atoms with van der Waals surface area (Å²) in [7, 11) is 0. The maximum Gasteiger partial charge on any atom is 0.229 e. The third kappa shape index (κ3) is 1.82. The van der Waals surface area contributed by atoms with E-state index in [4.69, 9.17) is 11.6 Å². The lowest BCUT2D eigenvalue weighted by Crippen LogP contribution is -2.00. The van der Waals surface area contributed by atoms with Crippen LogP contribution in [0.4, 0.5) is 0 Å². The van der Waals surface area contributed by atoms with Crippen molar-refractivity contribution in [1.29, 1.82) is 0 Å². The molecule has 11 heavy (non-hydrogen) atoms. The van der Waals surface area contributed by atoms with E-state index in [2.05, 4.69) is 0 Å². The zero-order valence-electron chi connectivity index (χ0n) is 6.43. The predicted molar refractivity (Wildman–Crippen MR) is 48.3 cm³/mol. The van der Waals surface area contributed by atoms with Crippen LogP contribution in [0.5, 0.6) is 0 Å².